The summed E-state index contributed by atoms with van der Waals surface area (Å²) in [6, 6.07) is 0. The van der Waals surface area contributed by atoms with Crippen molar-refractivity contribution in [2.24, 2.45) is 11.8 Å². The molecular formula is C17H30. The zero-order valence-corrected chi connectivity index (χ0v) is 12.3. The molecule has 0 aromatic rings. The van der Waals surface area contributed by atoms with Crippen LogP contribution < -0.4 is 0 Å². The van der Waals surface area contributed by atoms with Gasteiger partial charge in [-0.15, -0.1) is 0 Å². The van der Waals surface area contributed by atoms with E-state index >= 15 is 0 Å². The van der Waals surface area contributed by atoms with E-state index < -0.39 is 0 Å². The molecule has 0 bridgehead atoms. The van der Waals surface area contributed by atoms with E-state index in [9.17, 15) is 0 Å². The molecule has 98 valence electrons. The van der Waals surface area contributed by atoms with Crippen LogP contribution in [0.3, 0.4) is 0 Å². The molecule has 0 aromatic carbocycles. The van der Waals surface area contributed by atoms with Crippen LogP contribution in [0, 0.1) is 11.8 Å². The van der Waals surface area contributed by atoms with Crippen LogP contribution in [-0.2, 0) is 0 Å². The van der Waals surface area contributed by atoms with E-state index in [2.05, 4.69) is 39.8 Å². The molecule has 0 aromatic heterocycles. The molecule has 1 aliphatic rings. The molecule has 0 saturated heterocycles. The summed E-state index contributed by atoms with van der Waals surface area (Å²) in [7, 11) is 0. The average Bonchev–Trinajstić information content (AvgIpc) is 2.28. The summed E-state index contributed by atoms with van der Waals surface area (Å²) in [6.07, 6.45) is 14.3. The smallest absolute Gasteiger partial charge is 0.0288 e. The Morgan fingerprint density at radius 2 is 1.94 bits per heavy atom. The van der Waals surface area contributed by atoms with Gasteiger partial charge in [0.15, 0.2) is 0 Å². The molecule has 1 saturated carbocycles. The predicted octanol–water partition coefficient (Wildman–Crippen LogP) is 5.90. The summed E-state index contributed by atoms with van der Waals surface area (Å²) in [6.45, 7) is 9.10. The van der Waals surface area contributed by atoms with Crippen molar-refractivity contribution >= 4 is 0 Å². The third-order valence-electron chi connectivity index (χ3n) is 4.18. The number of rotatable bonds is 5. The zero-order chi connectivity index (χ0) is 12.7. The maximum atomic E-state index is 2.46. The Kier molecular flexibility index (Phi) is 6.62. The Balaban J connectivity index is 2.27. The number of hydrogen-bond donors (Lipinski definition) is 0. The van der Waals surface area contributed by atoms with Crippen molar-refractivity contribution in [2.45, 2.75) is 72.6 Å². The lowest BCUT2D eigenvalue weighted by Gasteiger charge is -2.26. The van der Waals surface area contributed by atoms with Gasteiger partial charge in [0.2, 0.25) is 0 Å². The van der Waals surface area contributed by atoms with Gasteiger partial charge in [-0.05, 0) is 58.3 Å². The van der Waals surface area contributed by atoms with Gasteiger partial charge in [0, 0.05) is 0 Å². The SMILES string of the molecule is C/C=C(\C)CC/C=C(\C)CC1CCCC(C)C1. The lowest BCUT2D eigenvalue weighted by atomic mass is 9.79. The summed E-state index contributed by atoms with van der Waals surface area (Å²) in [5, 5.41) is 0. The van der Waals surface area contributed by atoms with Crippen LogP contribution in [0.5, 0.6) is 0 Å². The van der Waals surface area contributed by atoms with E-state index in [1.165, 1.54) is 50.5 Å². The van der Waals surface area contributed by atoms with Crippen molar-refractivity contribution in [3.8, 4) is 0 Å². The fourth-order valence-electron chi connectivity index (χ4n) is 2.97. The highest BCUT2D eigenvalue weighted by Gasteiger charge is 2.18. The van der Waals surface area contributed by atoms with Gasteiger partial charge in [0.05, 0.1) is 0 Å². The summed E-state index contributed by atoms with van der Waals surface area (Å²) in [5.74, 6) is 1.93. The van der Waals surface area contributed by atoms with Crippen LogP contribution in [0.15, 0.2) is 23.3 Å². The van der Waals surface area contributed by atoms with Crippen LogP contribution in [-0.4, -0.2) is 0 Å². The third-order valence-corrected chi connectivity index (χ3v) is 4.18. The molecule has 0 heteroatoms. The topological polar surface area (TPSA) is 0 Å². The summed E-state index contributed by atoms with van der Waals surface area (Å²) < 4.78 is 0. The Bertz CT molecular complexity index is 270. The first-order valence-electron chi connectivity index (χ1n) is 7.39. The first kappa shape index (κ1) is 14.5. The van der Waals surface area contributed by atoms with Gasteiger partial charge in [-0.1, -0.05) is 49.5 Å². The Labute approximate surface area is 108 Å². The minimum atomic E-state index is 0.965. The van der Waals surface area contributed by atoms with E-state index in [0.29, 0.717) is 0 Å². The minimum absolute atomic E-state index is 0.965. The van der Waals surface area contributed by atoms with Gasteiger partial charge in [-0.2, -0.15) is 0 Å². The van der Waals surface area contributed by atoms with Crippen LogP contribution in [0.25, 0.3) is 0 Å². The molecule has 2 atom stereocenters. The van der Waals surface area contributed by atoms with E-state index in [1.807, 2.05) is 0 Å². The fraction of sp³-hybridized carbons (Fsp3) is 0.765. The Hall–Kier alpha value is -0.520. The summed E-state index contributed by atoms with van der Waals surface area (Å²) in [4.78, 5) is 0. The van der Waals surface area contributed by atoms with Crippen molar-refractivity contribution in [1.29, 1.82) is 0 Å². The second kappa shape index (κ2) is 7.74. The lowest BCUT2D eigenvalue weighted by molar-refractivity contribution is 0.281. The van der Waals surface area contributed by atoms with Gasteiger partial charge in [0.25, 0.3) is 0 Å². The maximum absolute atomic E-state index is 2.46. The highest BCUT2D eigenvalue weighted by atomic mass is 14.2. The van der Waals surface area contributed by atoms with E-state index in [0.717, 1.165) is 11.8 Å². The van der Waals surface area contributed by atoms with Crippen molar-refractivity contribution in [1.82, 2.24) is 0 Å². The quantitative estimate of drug-likeness (QED) is 0.520. The molecule has 1 aliphatic carbocycles. The fourth-order valence-corrected chi connectivity index (χ4v) is 2.97. The molecule has 0 spiro atoms. The third kappa shape index (κ3) is 6.10. The van der Waals surface area contributed by atoms with Crippen LogP contribution in [0.2, 0.25) is 0 Å². The van der Waals surface area contributed by atoms with E-state index in [-0.39, 0.29) is 0 Å². The lowest BCUT2D eigenvalue weighted by Crippen LogP contribution is -2.13. The number of hydrogen-bond acceptors (Lipinski definition) is 0. The van der Waals surface area contributed by atoms with Gasteiger partial charge < -0.3 is 0 Å². The highest BCUT2D eigenvalue weighted by molar-refractivity contribution is 5.03. The Morgan fingerprint density at radius 1 is 1.18 bits per heavy atom. The molecule has 0 N–H and O–H groups in total. The normalized spacial score (nSPS) is 27.3. The summed E-state index contributed by atoms with van der Waals surface area (Å²) in [5.41, 5.74) is 3.13. The molecular weight excluding hydrogens is 204 g/mol. The second-order valence-electron chi connectivity index (χ2n) is 6.07. The Morgan fingerprint density at radius 3 is 2.59 bits per heavy atom. The average molecular weight is 234 g/mol. The van der Waals surface area contributed by atoms with E-state index in [1.54, 1.807) is 5.57 Å². The molecule has 0 radical (unpaired) electrons. The predicted molar refractivity (Wildman–Crippen MR) is 78.2 cm³/mol. The molecule has 2 unspecified atom stereocenters. The molecule has 1 rings (SSSR count). The van der Waals surface area contributed by atoms with Crippen molar-refractivity contribution < 1.29 is 0 Å². The van der Waals surface area contributed by atoms with Gasteiger partial charge in [-0.25, -0.2) is 0 Å². The maximum Gasteiger partial charge on any atom is -0.0288 e. The van der Waals surface area contributed by atoms with Gasteiger partial charge in [0.1, 0.15) is 0 Å². The molecule has 1 fully saturated rings. The highest BCUT2D eigenvalue weighted by Crippen LogP contribution is 2.32. The van der Waals surface area contributed by atoms with Crippen molar-refractivity contribution in [3.05, 3.63) is 23.3 Å². The monoisotopic (exact) mass is 234 g/mol. The first-order chi connectivity index (χ1) is 8.11. The molecule has 0 nitrogen and oxygen atoms in total. The standard InChI is InChI=1S/C17H30/c1-5-14(2)8-6-9-15(3)12-17-11-7-10-16(4)13-17/h5,9,16-17H,6-8,10-13H2,1-4H3/b14-5+,15-9+. The largest absolute Gasteiger partial charge is 0.0887 e. The molecule has 17 heavy (non-hydrogen) atoms. The molecule has 0 amide bonds. The number of allylic oxidation sites excluding steroid dienone is 4. The van der Waals surface area contributed by atoms with Crippen LogP contribution >= 0.6 is 0 Å². The van der Waals surface area contributed by atoms with Crippen LogP contribution in [0.1, 0.15) is 72.6 Å². The van der Waals surface area contributed by atoms with Gasteiger partial charge in [-0.3, -0.25) is 0 Å². The minimum Gasteiger partial charge on any atom is -0.0887 e. The van der Waals surface area contributed by atoms with Crippen molar-refractivity contribution in [3.63, 3.8) is 0 Å². The molecule has 0 aliphatic heterocycles. The van der Waals surface area contributed by atoms with Gasteiger partial charge >= 0.3 is 0 Å². The van der Waals surface area contributed by atoms with Crippen molar-refractivity contribution in [2.75, 3.05) is 0 Å². The zero-order valence-electron chi connectivity index (χ0n) is 12.3. The second-order valence-corrected chi connectivity index (χ2v) is 6.07. The first-order valence-corrected chi connectivity index (χ1v) is 7.39. The molecule has 0 heterocycles. The van der Waals surface area contributed by atoms with E-state index in [4.69, 9.17) is 0 Å². The van der Waals surface area contributed by atoms with Crippen LogP contribution in [0.4, 0.5) is 0 Å². The summed E-state index contributed by atoms with van der Waals surface area (Å²) >= 11 is 0.